The van der Waals surface area contributed by atoms with E-state index >= 15 is 0 Å². The number of nitrogens with two attached hydrogens (primary N) is 1. The molecule has 1 atom stereocenters. The van der Waals surface area contributed by atoms with Crippen LogP contribution in [0.5, 0.6) is 0 Å². The molecule has 0 bridgehead atoms. The van der Waals surface area contributed by atoms with Gasteiger partial charge in [0.15, 0.2) is 0 Å². The molecule has 2 rings (SSSR count). The highest BCUT2D eigenvalue weighted by atomic mass is 15.1. The molecule has 0 amide bonds. The van der Waals surface area contributed by atoms with Gasteiger partial charge in [0, 0.05) is 18.4 Å². The summed E-state index contributed by atoms with van der Waals surface area (Å²) in [4.78, 5) is 8.57. The number of rotatable bonds is 4. The number of nitrogens with zero attached hydrogens (tertiary/aromatic N) is 2. The summed E-state index contributed by atoms with van der Waals surface area (Å²) < 4.78 is 0. The van der Waals surface area contributed by atoms with Gasteiger partial charge in [0.1, 0.15) is 0 Å². The SMILES string of the molecule is Cc1ccnc(NC(C)(CN)c2ccccc2)n1. The first kappa shape index (κ1) is 12.5. The lowest BCUT2D eigenvalue weighted by atomic mass is 9.92. The highest BCUT2D eigenvalue weighted by Crippen LogP contribution is 2.23. The molecule has 0 fully saturated rings. The van der Waals surface area contributed by atoms with Gasteiger partial charge < -0.3 is 11.1 Å². The molecule has 0 spiro atoms. The zero-order valence-corrected chi connectivity index (χ0v) is 10.7. The zero-order chi connectivity index (χ0) is 13.0. The monoisotopic (exact) mass is 242 g/mol. The lowest BCUT2D eigenvalue weighted by molar-refractivity contribution is 0.550. The van der Waals surface area contributed by atoms with E-state index in [-0.39, 0.29) is 5.54 Å². The van der Waals surface area contributed by atoms with Crippen LogP contribution in [0.3, 0.4) is 0 Å². The first-order valence-corrected chi connectivity index (χ1v) is 5.97. The van der Waals surface area contributed by atoms with Crippen LogP contribution in [0, 0.1) is 6.92 Å². The number of hydrogen-bond donors (Lipinski definition) is 2. The first-order chi connectivity index (χ1) is 8.64. The van der Waals surface area contributed by atoms with Crippen LogP contribution >= 0.6 is 0 Å². The molecule has 1 aromatic heterocycles. The van der Waals surface area contributed by atoms with Crippen molar-refractivity contribution in [1.82, 2.24) is 9.97 Å². The predicted molar refractivity (Wildman–Crippen MR) is 73.2 cm³/mol. The van der Waals surface area contributed by atoms with E-state index in [9.17, 15) is 0 Å². The maximum Gasteiger partial charge on any atom is 0.223 e. The lowest BCUT2D eigenvalue weighted by Gasteiger charge is -2.30. The molecule has 0 aliphatic heterocycles. The summed E-state index contributed by atoms with van der Waals surface area (Å²) in [6.45, 7) is 4.46. The summed E-state index contributed by atoms with van der Waals surface area (Å²) in [7, 11) is 0. The third kappa shape index (κ3) is 2.65. The summed E-state index contributed by atoms with van der Waals surface area (Å²) in [5.74, 6) is 0.604. The van der Waals surface area contributed by atoms with Gasteiger partial charge in [-0.1, -0.05) is 30.3 Å². The van der Waals surface area contributed by atoms with Gasteiger partial charge in [0.05, 0.1) is 5.54 Å². The van der Waals surface area contributed by atoms with Crippen LogP contribution in [0.25, 0.3) is 0 Å². The minimum Gasteiger partial charge on any atom is -0.344 e. The first-order valence-electron chi connectivity index (χ1n) is 5.97. The molecule has 0 radical (unpaired) electrons. The van der Waals surface area contributed by atoms with E-state index in [2.05, 4.69) is 27.4 Å². The van der Waals surface area contributed by atoms with Crippen LogP contribution in [0.15, 0.2) is 42.6 Å². The minimum atomic E-state index is -0.366. The fourth-order valence-corrected chi connectivity index (χ4v) is 1.80. The Bertz CT molecular complexity index is 512. The Hall–Kier alpha value is -1.94. The van der Waals surface area contributed by atoms with E-state index in [0.717, 1.165) is 11.3 Å². The summed E-state index contributed by atoms with van der Waals surface area (Å²) in [5.41, 5.74) is 7.59. The van der Waals surface area contributed by atoms with Crippen molar-refractivity contribution >= 4 is 5.95 Å². The second-order valence-electron chi connectivity index (χ2n) is 4.55. The molecular formula is C14H18N4. The van der Waals surface area contributed by atoms with Gasteiger partial charge in [-0.25, -0.2) is 9.97 Å². The molecule has 94 valence electrons. The quantitative estimate of drug-likeness (QED) is 0.861. The number of benzene rings is 1. The largest absolute Gasteiger partial charge is 0.344 e. The molecule has 0 saturated carbocycles. The van der Waals surface area contributed by atoms with Crippen molar-refractivity contribution in [3.63, 3.8) is 0 Å². The van der Waals surface area contributed by atoms with E-state index in [1.165, 1.54) is 0 Å². The molecule has 2 aromatic rings. The van der Waals surface area contributed by atoms with Crippen LogP contribution in [0.4, 0.5) is 5.95 Å². The van der Waals surface area contributed by atoms with Crippen LogP contribution in [0.1, 0.15) is 18.2 Å². The van der Waals surface area contributed by atoms with Crippen LogP contribution in [-0.4, -0.2) is 16.5 Å². The molecule has 0 aliphatic rings. The molecule has 4 nitrogen and oxygen atoms in total. The molecule has 0 saturated heterocycles. The summed E-state index contributed by atoms with van der Waals surface area (Å²) in [6.07, 6.45) is 1.74. The van der Waals surface area contributed by atoms with Gasteiger partial charge in [0.2, 0.25) is 5.95 Å². The van der Waals surface area contributed by atoms with E-state index in [1.54, 1.807) is 6.20 Å². The smallest absolute Gasteiger partial charge is 0.223 e. The maximum atomic E-state index is 5.91. The number of aryl methyl sites for hydroxylation is 1. The highest BCUT2D eigenvalue weighted by molar-refractivity contribution is 5.37. The third-order valence-electron chi connectivity index (χ3n) is 3.00. The van der Waals surface area contributed by atoms with Gasteiger partial charge in [-0.15, -0.1) is 0 Å². The van der Waals surface area contributed by atoms with Crippen molar-refractivity contribution < 1.29 is 0 Å². The number of nitrogens with one attached hydrogen (secondary N) is 1. The number of aromatic nitrogens is 2. The number of hydrogen-bond acceptors (Lipinski definition) is 4. The van der Waals surface area contributed by atoms with E-state index in [0.29, 0.717) is 12.5 Å². The van der Waals surface area contributed by atoms with Gasteiger partial charge in [-0.2, -0.15) is 0 Å². The van der Waals surface area contributed by atoms with Gasteiger partial charge in [-0.05, 0) is 25.5 Å². The van der Waals surface area contributed by atoms with Crippen molar-refractivity contribution in [1.29, 1.82) is 0 Å². The Labute approximate surface area is 107 Å². The number of anilines is 1. The van der Waals surface area contributed by atoms with Crippen molar-refractivity contribution in [2.24, 2.45) is 5.73 Å². The summed E-state index contributed by atoms with van der Waals surface area (Å²) >= 11 is 0. The maximum absolute atomic E-state index is 5.91. The Kier molecular flexibility index (Phi) is 3.58. The predicted octanol–water partition coefficient (Wildman–Crippen LogP) is 2.07. The molecular weight excluding hydrogens is 224 g/mol. The highest BCUT2D eigenvalue weighted by Gasteiger charge is 2.25. The fraction of sp³-hybridized carbons (Fsp3) is 0.286. The fourth-order valence-electron chi connectivity index (χ4n) is 1.80. The zero-order valence-electron chi connectivity index (χ0n) is 10.7. The summed E-state index contributed by atoms with van der Waals surface area (Å²) in [6, 6.07) is 12.0. The minimum absolute atomic E-state index is 0.366. The topological polar surface area (TPSA) is 63.8 Å². The molecule has 3 N–H and O–H groups in total. The normalized spacial score (nSPS) is 13.9. The molecule has 1 unspecified atom stereocenters. The standard InChI is InChI=1S/C14H18N4/c1-11-8-9-16-13(17-11)18-14(2,10-15)12-6-4-3-5-7-12/h3-9H,10,15H2,1-2H3,(H,16,17,18). The van der Waals surface area contributed by atoms with Crippen LogP contribution in [0.2, 0.25) is 0 Å². The second-order valence-corrected chi connectivity index (χ2v) is 4.55. The van der Waals surface area contributed by atoms with E-state index in [1.807, 2.05) is 38.1 Å². The van der Waals surface area contributed by atoms with Crippen molar-refractivity contribution in [2.45, 2.75) is 19.4 Å². The van der Waals surface area contributed by atoms with Crippen LogP contribution < -0.4 is 11.1 Å². The van der Waals surface area contributed by atoms with Gasteiger partial charge in [0.25, 0.3) is 0 Å². The average Bonchev–Trinajstić information content (AvgIpc) is 2.39. The Morgan fingerprint density at radius 3 is 2.56 bits per heavy atom. The Balaban J connectivity index is 2.29. The lowest BCUT2D eigenvalue weighted by Crippen LogP contribution is -2.40. The molecule has 1 aromatic carbocycles. The van der Waals surface area contributed by atoms with E-state index in [4.69, 9.17) is 5.73 Å². The Morgan fingerprint density at radius 1 is 1.22 bits per heavy atom. The average molecular weight is 242 g/mol. The van der Waals surface area contributed by atoms with Gasteiger partial charge >= 0.3 is 0 Å². The molecule has 0 aliphatic carbocycles. The van der Waals surface area contributed by atoms with Crippen molar-refractivity contribution in [3.05, 3.63) is 53.9 Å². The van der Waals surface area contributed by atoms with Crippen molar-refractivity contribution in [3.8, 4) is 0 Å². The Morgan fingerprint density at radius 2 is 1.94 bits per heavy atom. The van der Waals surface area contributed by atoms with Gasteiger partial charge in [-0.3, -0.25) is 0 Å². The van der Waals surface area contributed by atoms with E-state index < -0.39 is 0 Å². The third-order valence-corrected chi connectivity index (χ3v) is 3.00. The molecule has 1 heterocycles. The molecule has 18 heavy (non-hydrogen) atoms. The summed E-state index contributed by atoms with van der Waals surface area (Å²) in [5, 5.41) is 3.31. The van der Waals surface area contributed by atoms with Crippen LogP contribution in [-0.2, 0) is 5.54 Å². The second kappa shape index (κ2) is 5.14. The molecule has 4 heteroatoms. The van der Waals surface area contributed by atoms with Crippen molar-refractivity contribution in [2.75, 3.05) is 11.9 Å².